The van der Waals surface area contributed by atoms with E-state index in [1.807, 2.05) is 18.2 Å². The van der Waals surface area contributed by atoms with Gasteiger partial charge in [0.1, 0.15) is 17.2 Å². The van der Waals surface area contributed by atoms with E-state index in [1.165, 1.54) is 0 Å². The predicted octanol–water partition coefficient (Wildman–Crippen LogP) is 3.14. The number of nitrogens with two attached hydrogens (primary N) is 1. The smallest absolute Gasteiger partial charge is 0.225 e. The van der Waals surface area contributed by atoms with Crippen LogP contribution >= 0.6 is 0 Å². The molecule has 0 atom stereocenters. The first-order valence-electron chi connectivity index (χ1n) is 6.52. The van der Waals surface area contributed by atoms with Crippen molar-refractivity contribution in [2.75, 3.05) is 20.0 Å². The second-order valence-electron chi connectivity index (χ2n) is 5.07. The van der Waals surface area contributed by atoms with Crippen molar-refractivity contribution in [3.05, 3.63) is 23.8 Å². The minimum Gasteiger partial charge on any atom is -0.497 e. The Morgan fingerprint density at radius 3 is 2.25 bits per heavy atom. The molecule has 5 heteroatoms. The van der Waals surface area contributed by atoms with Crippen LogP contribution in [-0.2, 0) is 6.42 Å². The topological polar surface area (TPSA) is 70.5 Å². The van der Waals surface area contributed by atoms with Crippen LogP contribution in [0.2, 0.25) is 0 Å². The number of aromatic nitrogens is 1. The Morgan fingerprint density at radius 1 is 1.15 bits per heavy atom. The summed E-state index contributed by atoms with van der Waals surface area (Å²) in [6, 6.07) is 5.60. The molecule has 0 saturated heterocycles. The lowest BCUT2D eigenvalue weighted by Crippen LogP contribution is -1.99. The normalized spacial score (nSPS) is 10.8. The standard InChI is InChI=1S/C15H20N2O3/c1-9(2)5-13-14(17-20-15(13)16)10-6-11(18-3)8-12(7-10)19-4/h6-9H,5,16H2,1-4H3. The Balaban J connectivity index is 2.50. The number of anilines is 1. The van der Waals surface area contributed by atoms with E-state index in [9.17, 15) is 0 Å². The molecule has 108 valence electrons. The number of methoxy groups -OCH3 is 2. The van der Waals surface area contributed by atoms with Gasteiger partial charge in [-0.05, 0) is 24.5 Å². The van der Waals surface area contributed by atoms with Gasteiger partial charge >= 0.3 is 0 Å². The van der Waals surface area contributed by atoms with Gasteiger partial charge in [-0.25, -0.2) is 0 Å². The van der Waals surface area contributed by atoms with Crippen LogP contribution in [0.5, 0.6) is 11.5 Å². The van der Waals surface area contributed by atoms with Crippen molar-refractivity contribution in [3.63, 3.8) is 0 Å². The third-order valence-corrected chi connectivity index (χ3v) is 3.06. The molecule has 0 unspecified atom stereocenters. The van der Waals surface area contributed by atoms with Gasteiger partial charge in [-0.1, -0.05) is 19.0 Å². The van der Waals surface area contributed by atoms with Gasteiger partial charge in [0.25, 0.3) is 0 Å². The summed E-state index contributed by atoms with van der Waals surface area (Å²) in [7, 11) is 3.23. The Labute approximate surface area is 118 Å². The SMILES string of the molecule is COc1cc(OC)cc(-c2noc(N)c2CC(C)C)c1. The third-order valence-electron chi connectivity index (χ3n) is 3.06. The molecule has 0 radical (unpaired) electrons. The molecule has 0 fully saturated rings. The van der Waals surface area contributed by atoms with Gasteiger partial charge in [0.05, 0.1) is 14.2 Å². The molecule has 2 N–H and O–H groups in total. The minimum atomic E-state index is 0.371. The molecule has 0 aliphatic carbocycles. The Hall–Kier alpha value is -2.17. The molecule has 0 aliphatic heterocycles. The number of benzene rings is 1. The molecule has 0 spiro atoms. The Bertz CT molecular complexity index is 569. The molecule has 1 aromatic heterocycles. The van der Waals surface area contributed by atoms with Crippen LogP contribution in [0.1, 0.15) is 19.4 Å². The van der Waals surface area contributed by atoms with E-state index in [1.54, 1.807) is 14.2 Å². The van der Waals surface area contributed by atoms with Crippen LogP contribution in [0.15, 0.2) is 22.7 Å². The number of hydrogen-bond acceptors (Lipinski definition) is 5. The quantitative estimate of drug-likeness (QED) is 0.908. The van der Waals surface area contributed by atoms with Crippen LogP contribution in [0.25, 0.3) is 11.3 Å². The molecule has 1 aromatic carbocycles. The summed E-state index contributed by atoms with van der Waals surface area (Å²) in [5, 5.41) is 4.08. The monoisotopic (exact) mass is 276 g/mol. The van der Waals surface area contributed by atoms with E-state index < -0.39 is 0 Å². The predicted molar refractivity (Wildman–Crippen MR) is 78.0 cm³/mol. The van der Waals surface area contributed by atoms with Crippen LogP contribution in [0.4, 0.5) is 5.88 Å². The lowest BCUT2D eigenvalue weighted by Gasteiger charge is -2.09. The molecule has 1 heterocycles. The zero-order valence-electron chi connectivity index (χ0n) is 12.3. The zero-order chi connectivity index (χ0) is 14.7. The molecule has 2 aromatic rings. The van der Waals surface area contributed by atoms with Gasteiger partial charge < -0.3 is 19.7 Å². The van der Waals surface area contributed by atoms with E-state index in [0.717, 1.165) is 23.2 Å². The van der Waals surface area contributed by atoms with Crippen LogP contribution in [0.3, 0.4) is 0 Å². The highest BCUT2D eigenvalue weighted by Crippen LogP contribution is 2.34. The first-order chi connectivity index (χ1) is 9.55. The minimum absolute atomic E-state index is 0.371. The summed E-state index contributed by atoms with van der Waals surface area (Å²) in [5.41, 5.74) is 8.42. The largest absolute Gasteiger partial charge is 0.497 e. The summed E-state index contributed by atoms with van der Waals surface area (Å²) in [6.45, 7) is 4.25. The van der Waals surface area contributed by atoms with E-state index in [4.69, 9.17) is 19.7 Å². The van der Waals surface area contributed by atoms with E-state index in [-0.39, 0.29) is 0 Å². The van der Waals surface area contributed by atoms with Crippen molar-refractivity contribution >= 4 is 5.88 Å². The average Bonchev–Trinajstić information content (AvgIpc) is 2.79. The third kappa shape index (κ3) is 2.87. The fourth-order valence-corrected chi connectivity index (χ4v) is 2.10. The van der Waals surface area contributed by atoms with Crippen molar-refractivity contribution in [2.45, 2.75) is 20.3 Å². The molecule has 0 saturated carbocycles. The highest BCUT2D eigenvalue weighted by molar-refractivity contribution is 5.70. The maximum absolute atomic E-state index is 5.88. The summed E-state index contributed by atoms with van der Waals surface area (Å²) in [5.74, 6) is 2.24. The lowest BCUT2D eigenvalue weighted by atomic mass is 9.99. The molecular weight excluding hydrogens is 256 g/mol. The highest BCUT2D eigenvalue weighted by Gasteiger charge is 2.18. The number of rotatable bonds is 5. The summed E-state index contributed by atoms with van der Waals surface area (Å²) in [6.07, 6.45) is 0.810. The maximum Gasteiger partial charge on any atom is 0.225 e. The van der Waals surface area contributed by atoms with Gasteiger partial charge in [0.15, 0.2) is 0 Å². The number of ether oxygens (including phenoxy) is 2. The fourth-order valence-electron chi connectivity index (χ4n) is 2.10. The number of hydrogen-bond donors (Lipinski definition) is 1. The molecule has 0 bridgehead atoms. The van der Waals surface area contributed by atoms with Crippen molar-refractivity contribution in [1.82, 2.24) is 5.16 Å². The first kappa shape index (κ1) is 14.2. The summed E-state index contributed by atoms with van der Waals surface area (Å²) < 4.78 is 15.7. The van der Waals surface area contributed by atoms with Crippen molar-refractivity contribution < 1.29 is 14.0 Å². The molecular formula is C15H20N2O3. The Kier molecular flexibility index (Phi) is 4.17. The van der Waals surface area contributed by atoms with Crippen LogP contribution < -0.4 is 15.2 Å². The number of nitrogen functional groups attached to an aromatic ring is 1. The van der Waals surface area contributed by atoms with Crippen molar-refractivity contribution in [1.29, 1.82) is 0 Å². The van der Waals surface area contributed by atoms with Gasteiger partial charge in [0.2, 0.25) is 5.88 Å². The average molecular weight is 276 g/mol. The van der Waals surface area contributed by atoms with E-state index in [2.05, 4.69) is 19.0 Å². The lowest BCUT2D eigenvalue weighted by molar-refractivity contribution is 0.394. The molecule has 20 heavy (non-hydrogen) atoms. The molecule has 0 aliphatic rings. The van der Waals surface area contributed by atoms with Crippen LogP contribution in [0, 0.1) is 5.92 Å². The van der Waals surface area contributed by atoms with Crippen molar-refractivity contribution in [3.8, 4) is 22.8 Å². The van der Waals surface area contributed by atoms with E-state index in [0.29, 0.717) is 23.3 Å². The second-order valence-corrected chi connectivity index (χ2v) is 5.07. The van der Waals surface area contributed by atoms with Crippen LogP contribution in [-0.4, -0.2) is 19.4 Å². The summed E-state index contributed by atoms with van der Waals surface area (Å²) >= 11 is 0. The van der Waals surface area contributed by atoms with Gasteiger partial charge in [-0.3, -0.25) is 0 Å². The second kappa shape index (κ2) is 5.86. The fraction of sp³-hybridized carbons (Fsp3) is 0.400. The molecule has 5 nitrogen and oxygen atoms in total. The molecule has 2 rings (SSSR count). The summed E-state index contributed by atoms with van der Waals surface area (Å²) in [4.78, 5) is 0. The van der Waals surface area contributed by atoms with Gasteiger partial charge in [0, 0.05) is 17.2 Å². The van der Waals surface area contributed by atoms with Gasteiger partial charge in [-0.15, -0.1) is 0 Å². The highest BCUT2D eigenvalue weighted by atomic mass is 16.5. The van der Waals surface area contributed by atoms with Crippen molar-refractivity contribution in [2.24, 2.45) is 5.92 Å². The van der Waals surface area contributed by atoms with E-state index >= 15 is 0 Å². The Morgan fingerprint density at radius 2 is 1.75 bits per heavy atom. The zero-order valence-corrected chi connectivity index (χ0v) is 12.3. The maximum atomic E-state index is 5.88. The van der Waals surface area contributed by atoms with Gasteiger partial charge in [-0.2, -0.15) is 0 Å². The first-order valence-corrected chi connectivity index (χ1v) is 6.52. The molecule has 0 amide bonds. The number of nitrogens with zero attached hydrogens (tertiary/aromatic N) is 1.